The number of ether oxygens (including phenoxy) is 1. The summed E-state index contributed by atoms with van der Waals surface area (Å²) in [6.07, 6.45) is -0.00284. The fourth-order valence-corrected chi connectivity index (χ4v) is 5.02. The molecule has 0 radical (unpaired) electrons. The van der Waals surface area contributed by atoms with E-state index < -0.39 is 17.5 Å². The van der Waals surface area contributed by atoms with Gasteiger partial charge in [0.15, 0.2) is 0 Å². The zero-order valence-corrected chi connectivity index (χ0v) is 19.0. The van der Waals surface area contributed by atoms with Crippen molar-refractivity contribution in [3.05, 3.63) is 59.7 Å². The number of aliphatic carboxylic acids is 1. The van der Waals surface area contributed by atoms with E-state index in [9.17, 15) is 19.5 Å². The van der Waals surface area contributed by atoms with E-state index >= 15 is 0 Å². The standard InChI is InChI=1S/C26H30N2O5/c1-17(2)26(24(30)31)12-14-28(16-26)23(29)11-13-27-25(32)33-15-22-20-9-5-3-7-18(20)19-8-4-6-10-21(19)22/h3-10,17,22H,11-16H2,1-2H3,(H,27,32)(H,30,31). The number of nitrogens with one attached hydrogen (secondary N) is 1. The fraction of sp³-hybridized carbons (Fsp3) is 0.423. The van der Waals surface area contributed by atoms with Gasteiger partial charge in [0.1, 0.15) is 6.61 Å². The molecule has 1 unspecified atom stereocenters. The lowest BCUT2D eigenvalue weighted by Crippen LogP contribution is -2.41. The molecule has 7 nitrogen and oxygen atoms in total. The summed E-state index contributed by atoms with van der Waals surface area (Å²) >= 11 is 0. The summed E-state index contributed by atoms with van der Waals surface area (Å²) in [5.41, 5.74) is 3.72. The summed E-state index contributed by atoms with van der Waals surface area (Å²) in [6.45, 7) is 4.75. The van der Waals surface area contributed by atoms with Gasteiger partial charge in [-0.15, -0.1) is 0 Å². The Morgan fingerprint density at radius 2 is 1.70 bits per heavy atom. The third-order valence-electron chi connectivity index (χ3n) is 7.14. The van der Waals surface area contributed by atoms with Crippen LogP contribution in [0.3, 0.4) is 0 Å². The fourth-order valence-electron chi connectivity index (χ4n) is 5.02. The molecular weight excluding hydrogens is 420 g/mol. The largest absolute Gasteiger partial charge is 0.481 e. The van der Waals surface area contributed by atoms with Crippen LogP contribution in [0.5, 0.6) is 0 Å². The van der Waals surface area contributed by atoms with Crippen LogP contribution in [0, 0.1) is 11.3 Å². The van der Waals surface area contributed by atoms with Crippen LogP contribution in [-0.2, 0) is 14.3 Å². The second-order valence-corrected chi connectivity index (χ2v) is 9.18. The van der Waals surface area contributed by atoms with Gasteiger partial charge in [0.25, 0.3) is 0 Å². The maximum absolute atomic E-state index is 12.5. The number of rotatable bonds is 7. The Hall–Kier alpha value is -3.35. The molecule has 4 rings (SSSR count). The predicted octanol–water partition coefficient (Wildman–Crippen LogP) is 3.87. The first-order valence-corrected chi connectivity index (χ1v) is 11.4. The van der Waals surface area contributed by atoms with Gasteiger partial charge < -0.3 is 20.1 Å². The Morgan fingerprint density at radius 3 is 2.24 bits per heavy atom. The number of benzene rings is 2. The molecule has 2 aliphatic rings. The van der Waals surface area contributed by atoms with Gasteiger partial charge >= 0.3 is 12.1 Å². The molecule has 1 atom stereocenters. The maximum Gasteiger partial charge on any atom is 0.407 e. The van der Waals surface area contributed by atoms with Gasteiger partial charge in [-0.3, -0.25) is 9.59 Å². The van der Waals surface area contributed by atoms with Gasteiger partial charge in [-0.2, -0.15) is 0 Å². The number of hydrogen-bond donors (Lipinski definition) is 2. The Balaban J connectivity index is 1.26. The molecule has 2 aromatic carbocycles. The predicted molar refractivity (Wildman–Crippen MR) is 124 cm³/mol. The second kappa shape index (κ2) is 9.25. The normalized spacial score (nSPS) is 19.3. The molecule has 2 N–H and O–H groups in total. The molecule has 1 aliphatic carbocycles. The zero-order chi connectivity index (χ0) is 23.6. The number of carbonyl (C=O) groups is 3. The molecule has 1 saturated heterocycles. The monoisotopic (exact) mass is 450 g/mol. The van der Waals surface area contributed by atoms with Crippen molar-refractivity contribution in [3.63, 3.8) is 0 Å². The highest BCUT2D eigenvalue weighted by atomic mass is 16.5. The lowest BCUT2D eigenvalue weighted by Gasteiger charge is -2.28. The number of alkyl carbamates (subject to hydrolysis) is 1. The van der Waals surface area contributed by atoms with E-state index in [0.717, 1.165) is 22.3 Å². The van der Waals surface area contributed by atoms with Gasteiger partial charge in [0.05, 0.1) is 5.41 Å². The van der Waals surface area contributed by atoms with Crippen LogP contribution in [0.25, 0.3) is 11.1 Å². The number of nitrogens with zero attached hydrogens (tertiary/aromatic N) is 1. The number of carboxylic acid groups (broad SMARTS) is 1. The van der Waals surface area contributed by atoms with Crippen LogP contribution in [0.15, 0.2) is 48.5 Å². The third-order valence-corrected chi connectivity index (χ3v) is 7.14. The van der Waals surface area contributed by atoms with Crippen LogP contribution in [0.2, 0.25) is 0 Å². The van der Waals surface area contributed by atoms with E-state index in [1.165, 1.54) is 0 Å². The molecule has 2 amide bonds. The number of carboxylic acids is 1. The Labute approximate surface area is 193 Å². The lowest BCUT2D eigenvalue weighted by molar-refractivity contribution is -0.151. The summed E-state index contributed by atoms with van der Waals surface area (Å²) in [6, 6.07) is 16.3. The molecule has 0 bridgehead atoms. The smallest absolute Gasteiger partial charge is 0.407 e. The molecule has 174 valence electrons. The van der Waals surface area contributed by atoms with Crippen molar-refractivity contribution in [2.24, 2.45) is 11.3 Å². The van der Waals surface area contributed by atoms with Gasteiger partial charge in [-0.1, -0.05) is 62.4 Å². The number of hydrogen-bond acceptors (Lipinski definition) is 4. The summed E-state index contributed by atoms with van der Waals surface area (Å²) in [4.78, 5) is 38.2. The first-order chi connectivity index (χ1) is 15.8. The van der Waals surface area contributed by atoms with Crippen LogP contribution < -0.4 is 5.32 Å². The summed E-state index contributed by atoms with van der Waals surface area (Å²) in [7, 11) is 0. The Kier molecular flexibility index (Phi) is 6.40. The topological polar surface area (TPSA) is 95.9 Å². The molecule has 1 heterocycles. The van der Waals surface area contributed by atoms with E-state index in [2.05, 4.69) is 29.6 Å². The van der Waals surface area contributed by atoms with E-state index in [0.29, 0.717) is 13.0 Å². The van der Waals surface area contributed by atoms with Gasteiger partial charge in [-0.25, -0.2) is 4.79 Å². The van der Waals surface area contributed by atoms with Gasteiger partial charge in [0, 0.05) is 32.0 Å². The Morgan fingerprint density at radius 1 is 1.09 bits per heavy atom. The molecule has 0 saturated carbocycles. The molecule has 1 fully saturated rings. The highest BCUT2D eigenvalue weighted by molar-refractivity contribution is 5.81. The Bertz CT molecular complexity index is 1020. The minimum absolute atomic E-state index is 0.0189. The van der Waals surface area contributed by atoms with E-state index in [-0.39, 0.29) is 43.9 Å². The second-order valence-electron chi connectivity index (χ2n) is 9.18. The van der Waals surface area contributed by atoms with E-state index in [4.69, 9.17) is 4.74 Å². The lowest BCUT2D eigenvalue weighted by atomic mass is 9.76. The first-order valence-electron chi connectivity index (χ1n) is 11.4. The van der Waals surface area contributed by atoms with Gasteiger partial charge in [-0.05, 0) is 34.6 Å². The van der Waals surface area contributed by atoms with Crippen molar-refractivity contribution in [1.82, 2.24) is 10.2 Å². The zero-order valence-electron chi connectivity index (χ0n) is 19.0. The SMILES string of the molecule is CC(C)C1(C(=O)O)CCN(C(=O)CCNC(=O)OCC2c3ccccc3-c3ccccc32)C1. The van der Waals surface area contributed by atoms with Crippen molar-refractivity contribution >= 4 is 18.0 Å². The highest BCUT2D eigenvalue weighted by Gasteiger charge is 2.48. The molecule has 0 aromatic heterocycles. The molecule has 0 spiro atoms. The van der Waals surface area contributed by atoms with Crippen LogP contribution in [0.4, 0.5) is 4.79 Å². The molecule has 2 aromatic rings. The average Bonchev–Trinajstić information content (AvgIpc) is 3.39. The molecule has 33 heavy (non-hydrogen) atoms. The summed E-state index contributed by atoms with van der Waals surface area (Å²) < 4.78 is 5.49. The molecular formula is C26H30N2O5. The van der Waals surface area contributed by atoms with Crippen molar-refractivity contribution in [2.75, 3.05) is 26.2 Å². The summed E-state index contributed by atoms with van der Waals surface area (Å²) in [5.74, 6) is -1.09. The number of fused-ring (bicyclic) bond motifs is 3. The molecule has 1 aliphatic heterocycles. The third kappa shape index (κ3) is 4.32. The van der Waals surface area contributed by atoms with Crippen LogP contribution >= 0.6 is 0 Å². The minimum Gasteiger partial charge on any atom is -0.481 e. The number of carbonyl (C=O) groups excluding carboxylic acids is 2. The molecule has 7 heteroatoms. The van der Waals surface area contributed by atoms with Gasteiger partial charge in [0.2, 0.25) is 5.91 Å². The van der Waals surface area contributed by atoms with E-state index in [1.54, 1.807) is 4.90 Å². The van der Waals surface area contributed by atoms with Crippen LogP contribution in [-0.4, -0.2) is 54.2 Å². The van der Waals surface area contributed by atoms with Crippen molar-refractivity contribution in [1.29, 1.82) is 0 Å². The number of likely N-dealkylation sites (tertiary alicyclic amines) is 1. The van der Waals surface area contributed by atoms with Crippen molar-refractivity contribution in [2.45, 2.75) is 32.6 Å². The maximum atomic E-state index is 12.5. The first kappa shape index (κ1) is 22.8. The van der Waals surface area contributed by atoms with Crippen LogP contribution in [0.1, 0.15) is 43.7 Å². The van der Waals surface area contributed by atoms with Crippen molar-refractivity contribution < 1.29 is 24.2 Å². The highest BCUT2D eigenvalue weighted by Crippen LogP contribution is 2.44. The van der Waals surface area contributed by atoms with E-state index in [1.807, 2.05) is 38.1 Å². The number of amides is 2. The minimum atomic E-state index is -0.893. The van der Waals surface area contributed by atoms with Crippen molar-refractivity contribution in [3.8, 4) is 11.1 Å². The summed E-state index contributed by atoms with van der Waals surface area (Å²) in [5, 5.41) is 12.3. The quantitative estimate of drug-likeness (QED) is 0.668. The average molecular weight is 451 g/mol.